The van der Waals surface area contributed by atoms with Gasteiger partial charge in [-0.05, 0) is 31.0 Å². The van der Waals surface area contributed by atoms with Crippen LogP contribution in [0.1, 0.15) is 48.9 Å². The summed E-state index contributed by atoms with van der Waals surface area (Å²) in [6.45, 7) is 0. The van der Waals surface area contributed by atoms with Crippen molar-refractivity contribution in [3.63, 3.8) is 0 Å². The van der Waals surface area contributed by atoms with E-state index in [4.69, 9.17) is 0 Å². The molecule has 1 aliphatic carbocycles. The number of imidazole rings is 1. The first-order valence-electron chi connectivity index (χ1n) is 7.46. The second kappa shape index (κ2) is 5.65. The average molecular weight is 271 g/mol. The first-order valence-corrected chi connectivity index (χ1v) is 7.46. The first-order chi connectivity index (χ1) is 9.74. The van der Waals surface area contributed by atoms with E-state index in [9.17, 15) is 4.79 Å². The van der Waals surface area contributed by atoms with E-state index >= 15 is 0 Å². The van der Waals surface area contributed by atoms with Crippen LogP contribution in [0.2, 0.25) is 0 Å². The summed E-state index contributed by atoms with van der Waals surface area (Å²) in [6, 6.07) is 6.04. The lowest BCUT2D eigenvalue weighted by atomic mass is 10.1. The lowest BCUT2D eigenvalue weighted by molar-refractivity contribution is 0.0933. The number of amides is 1. The van der Waals surface area contributed by atoms with Crippen LogP contribution < -0.4 is 5.32 Å². The van der Waals surface area contributed by atoms with Crippen molar-refractivity contribution >= 4 is 16.9 Å². The molecule has 0 unspecified atom stereocenters. The Morgan fingerprint density at radius 3 is 2.75 bits per heavy atom. The maximum absolute atomic E-state index is 12.4. The Kier molecular flexibility index (Phi) is 3.72. The number of nitrogens with one attached hydrogen (secondary N) is 1. The molecule has 1 aliphatic rings. The third-order valence-electron chi connectivity index (χ3n) is 4.18. The summed E-state index contributed by atoms with van der Waals surface area (Å²) in [7, 11) is 1.95. The molecule has 1 saturated carbocycles. The Hall–Kier alpha value is -1.84. The lowest BCUT2D eigenvalue weighted by Crippen LogP contribution is -2.34. The molecule has 1 aromatic heterocycles. The second-order valence-electron chi connectivity index (χ2n) is 5.72. The van der Waals surface area contributed by atoms with E-state index in [2.05, 4.69) is 10.3 Å². The van der Waals surface area contributed by atoms with E-state index in [1.165, 1.54) is 25.7 Å². The van der Waals surface area contributed by atoms with Gasteiger partial charge in [0.05, 0.1) is 17.4 Å². The normalized spacial score (nSPS) is 17.1. The molecule has 1 amide bonds. The maximum Gasteiger partial charge on any atom is 0.251 e. The highest BCUT2D eigenvalue weighted by molar-refractivity contribution is 5.97. The van der Waals surface area contributed by atoms with Gasteiger partial charge in [-0.1, -0.05) is 25.7 Å². The molecule has 2 aromatic rings. The topological polar surface area (TPSA) is 46.9 Å². The zero-order chi connectivity index (χ0) is 13.9. The summed E-state index contributed by atoms with van der Waals surface area (Å²) in [4.78, 5) is 16.6. The summed E-state index contributed by atoms with van der Waals surface area (Å²) >= 11 is 0. The van der Waals surface area contributed by atoms with Gasteiger partial charge in [-0.25, -0.2) is 4.98 Å². The molecule has 106 valence electrons. The van der Waals surface area contributed by atoms with Crippen molar-refractivity contribution in [1.29, 1.82) is 0 Å². The monoisotopic (exact) mass is 271 g/mol. The number of aromatic nitrogens is 2. The molecule has 20 heavy (non-hydrogen) atoms. The number of hydrogen-bond donors (Lipinski definition) is 1. The van der Waals surface area contributed by atoms with Crippen molar-refractivity contribution in [2.24, 2.45) is 7.05 Å². The summed E-state index contributed by atoms with van der Waals surface area (Å²) in [5, 5.41) is 3.18. The lowest BCUT2D eigenvalue weighted by Gasteiger charge is -2.16. The zero-order valence-electron chi connectivity index (χ0n) is 11.9. The van der Waals surface area contributed by atoms with Gasteiger partial charge in [0.1, 0.15) is 0 Å². The number of carbonyl (C=O) groups is 1. The van der Waals surface area contributed by atoms with Crippen molar-refractivity contribution in [3.05, 3.63) is 30.1 Å². The molecule has 4 heteroatoms. The summed E-state index contributed by atoms with van der Waals surface area (Å²) < 4.78 is 1.94. The SMILES string of the molecule is Cn1cnc2ccc(C(=O)NC3CCCCCC3)cc21. The van der Waals surface area contributed by atoms with E-state index in [1.807, 2.05) is 29.8 Å². The molecule has 0 saturated heterocycles. The molecule has 4 nitrogen and oxygen atoms in total. The molecular weight excluding hydrogens is 250 g/mol. The van der Waals surface area contributed by atoms with Crippen LogP contribution in [0.4, 0.5) is 0 Å². The number of rotatable bonds is 2. The number of benzene rings is 1. The van der Waals surface area contributed by atoms with Crippen LogP contribution in [0, 0.1) is 0 Å². The van der Waals surface area contributed by atoms with Crippen molar-refractivity contribution < 1.29 is 4.79 Å². The average Bonchev–Trinajstić information content (AvgIpc) is 2.66. The van der Waals surface area contributed by atoms with Crippen LogP contribution in [0.15, 0.2) is 24.5 Å². The van der Waals surface area contributed by atoms with E-state index in [0.29, 0.717) is 6.04 Å². The maximum atomic E-state index is 12.4. The van der Waals surface area contributed by atoms with E-state index in [1.54, 1.807) is 6.33 Å². The quantitative estimate of drug-likeness (QED) is 0.853. The third-order valence-corrected chi connectivity index (χ3v) is 4.18. The molecule has 0 spiro atoms. The zero-order valence-corrected chi connectivity index (χ0v) is 11.9. The van der Waals surface area contributed by atoms with Gasteiger partial charge >= 0.3 is 0 Å². The predicted molar refractivity (Wildman–Crippen MR) is 79.7 cm³/mol. The van der Waals surface area contributed by atoms with Crippen molar-refractivity contribution in [1.82, 2.24) is 14.9 Å². The summed E-state index contributed by atoms with van der Waals surface area (Å²) in [6.07, 6.45) is 9.05. The Bertz CT molecular complexity index is 609. The fourth-order valence-electron chi connectivity index (χ4n) is 2.96. The molecule has 1 fully saturated rings. The van der Waals surface area contributed by atoms with Crippen molar-refractivity contribution in [2.45, 2.75) is 44.6 Å². The minimum Gasteiger partial charge on any atom is -0.349 e. The molecule has 0 atom stereocenters. The van der Waals surface area contributed by atoms with Gasteiger partial charge in [0.15, 0.2) is 0 Å². The van der Waals surface area contributed by atoms with Gasteiger partial charge < -0.3 is 9.88 Å². The molecule has 0 bridgehead atoms. The Morgan fingerprint density at radius 2 is 2.00 bits per heavy atom. The van der Waals surface area contributed by atoms with E-state index < -0.39 is 0 Å². The minimum absolute atomic E-state index is 0.0417. The van der Waals surface area contributed by atoms with Gasteiger partial charge in [0, 0.05) is 18.7 Å². The van der Waals surface area contributed by atoms with Crippen LogP contribution in [-0.4, -0.2) is 21.5 Å². The van der Waals surface area contributed by atoms with Crippen LogP contribution >= 0.6 is 0 Å². The van der Waals surface area contributed by atoms with Gasteiger partial charge in [-0.2, -0.15) is 0 Å². The highest BCUT2D eigenvalue weighted by Crippen LogP contribution is 2.18. The predicted octanol–water partition coefficient (Wildman–Crippen LogP) is 3.03. The minimum atomic E-state index is 0.0417. The molecular formula is C16H21N3O. The van der Waals surface area contributed by atoms with Crippen molar-refractivity contribution in [2.75, 3.05) is 0 Å². The Balaban J connectivity index is 1.75. The number of nitrogens with zero attached hydrogens (tertiary/aromatic N) is 2. The molecule has 1 heterocycles. The second-order valence-corrected chi connectivity index (χ2v) is 5.72. The standard InChI is InChI=1S/C16H21N3O/c1-19-11-17-14-9-8-12(10-15(14)19)16(20)18-13-6-4-2-3-5-7-13/h8-11,13H,2-7H2,1H3,(H,18,20). The molecule has 1 aromatic carbocycles. The van der Waals surface area contributed by atoms with Crippen LogP contribution in [0.5, 0.6) is 0 Å². The van der Waals surface area contributed by atoms with E-state index in [-0.39, 0.29) is 5.91 Å². The van der Waals surface area contributed by atoms with Crippen LogP contribution in [0.3, 0.4) is 0 Å². The summed E-state index contributed by atoms with van der Waals surface area (Å²) in [5.74, 6) is 0.0417. The Labute approximate surface area is 119 Å². The number of carbonyl (C=O) groups excluding carboxylic acids is 1. The largest absolute Gasteiger partial charge is 0.349 e. The van der Waals surface area contributed by atoms with Gasteiger partial charge in [-0.3, -0.25) is 4.79 Å². The highest BCUT2D eigenvalue weighted by atomic mass is 16.1. The molecule has 3 rings (SSSR count). The molecule has 1 N–H and O–H groups in total. The van der Waals surface area contributed by atoms with E-state index in [0.717, 1.165) is 29.4 Å². The number of aryl methyl sites for hydroxylation is 1. The van der Waals surface area contributed by atoms with Gasteiger partial charge in [-0.15, -0.1) is 0 Å². The Morgan fingerprint density at radius 1 is 1.25 bits per heavy atom. The van der Waals surface area contributed by atoms with Gasteiger partial charge in [0.2, 0.25) is 0 Å². The highest BCUT2D eigenvalue weighted by Gasteiger charge is 2.16. The molecule has 0 radical (unpaired) electrons. The molecule has 0 aliphatic heterocycles. The summed E-state index contributed by atoms with van der Waals surface area (Å²) in [5.41, 5.74) is 2.65. The van der Waals surface area contributed by atoms with Crippen LogP contribution in [-0.2, 0) is 7.05 Å². The van der Waals surface area contributed by atoms with Gasteiger partial charge in [0.25, 0.3) is 5.91 Å². The fourth-order valence-corrected chi connectivity index (χ4v) is 2.96. The number of fused-ring (bicyclic) bond motifs is 1. The number of hydrogen-bond acceptors (Lipinski definition) is 2. The third kappa shape index (κ3) is 2.69. The first kappa shape index (κ1) is 13.2. The van der Waals surface area contributed by atoms with Crippen molar-refractivity contribution in [3.8, 4) is 0 Å². The fraction of sp³-hybridized carbons (Fsp3) is 0.500. The van der Waals surface area contributed by atoms with Crippen LogP contribution in [0.25, 0.3) is 11.0 Å². The smallest absolute Gasteiger partial charge is 0.251 e.